The van der Waals surface area contributed by atoms with Crippen LogP contribution in [0.3, 0.4) is 0 Å². The van der Waals surface area contributed by atoms with E-state index in [-0.39, 0.29) is 28.9 Å². The molecule has 0 saturated heterocycles. The second-order valence-corrected chi connectivity index (χ2v) is 5.02. The Morgan fingerprint density at radius 1 is 2.00 bits per heavy atom. The molecule has 0 heterocycles. The Labute approximate surface area is 45.3 Å². The number of halogens is 1. The predicted octanol–water partition coefficient (Wildman–Crippen LogP) is 0.892. The van der Waals surface area contributed by atoms with Crippen molar-refractivity contribution in [1.82, 2.24) is 0 Å². The number of rotatable bonds is 0. The summed E-state index contributed by atoms with van der Waals surface area (Å²) >= 11 is 4.87. The molecular formula is CClHgO. The van der Waals surface area contributed by atoms with E-state index in [0.29, 0.717) is 0 Å². The fraction of sp³-hybridized carbons (Fsp3) is 0. The molecule has 3 heteroatoms. The average molecular weight is 264 g/mol. The van der Waals surface area contributed by atoms with Crippen molar-refractivity contribution in [3.8, 4) is 0 Å². The topological polar surface area (TPSA) is 17.1 Å². The Morgan fingerprint density at radius 2 is 2.00 bits per heavy atom. The summed E-state index contributed by atoms with van der Waals surface area (Å²) < 4.78 is -0.167. The van der Waals surface area contributed by atoms with Crippen molar-refractivity contribution in [2.75, 3.05) is 0 Å². The summed E-state index contributed by atoms with van der Waals surface area (Å²) in [5, 5.41) is 0. The van der Waals surface area contributed by atoms with E-state index in [2.05, 4.69) is 0 Å². The van der Waals surface area contributed by atoms with Gasteiger partial charge >= 0.3 is 45.3 Å². The molecule has 0 unspecified atom stereocenters. The SMILES string of the molecule is O=[C](Cl)[Hg]. The van der Waals surface area contributed by atoms with E-state index >= 15 is 0 Å². The molecule has 0 spiro atoms. The van der Waals surface area contributed by atoms with Gasteiger partial charge in [0.05, 0.1) is 0 Å². The standard InChI is InChI=1S/CClO.Hg/c2-1-3;. The van der Waals surface area contributed by atoms with Crippen molar-refractivity contribution in [1.29, 1.82) is 0 Å². The van der Waals surface area contributed by atoms with Crippen LogP contribution in [0.15, 0.2) is 0 Å². The van der Waals surface area contributed by atoms with Gasteiger partial charge in [-0.1, -0.05) is 0 Å². The predicted molar refractivity (Wildman–Crippen MR) is 11.2 cm³/mol. The van der Waals surface area contributed by atoms with Crippen LogP contribution in [0.25, 0.3) is 0 Å². The van der Waals surface area contributed by atoms with Gasteiger partial charge in [0.1, 0.15) is 0 Å². The normalized spacial score (nSPS) is 6.75. The molecule has 0 atom stereocenters. The maximum atomic E-state index is 9.30. The van der Waals surface area contributed by atoms with Gasteiger partial charge in [-0.15, -0.1) is 0 Å². The maximum absolute atomic E-state index is 9.30. The van der Waals surface area contributed by atoms with Crippen molar-refractivity contribution in [2.45, 2.75) is 0 Å². The van der Waals surface area contributed by atoms with Crippen LogP contribution in [0.1, 0.15) is 0 Å². The zero-order valence-corrected chi connectivity index (χ0v) is 8.25. The third-order valence-electron chi connectivity index (χ3n) is 0. The van der Waals surface area contributed by atoms with Gasteiger partial charge in [0.2, 0.25) is 0 Å². The first-order valence-electron chi connectivity index (χ1n) is 0.747. The third kappa shape index (κ3) is 13.0. The Bertz CT molecular complexity index is 31.0. The zero-order chi connectivity index (χ0) is 3.58. The Hall–Kier alpha value is 0.895. The van der Waals surface area contributed by atoms with Gasteiger partial charge in [0, 0.05) is 0 Å². The van der Waals surface area contributed by atoms with Crippen LogP contribution >= 0.6 is 11.6 Å². The molecule has 0 bridgehead atoms. The van der Waals surface area contributed by atoms with Crippen LogP contribution in [0.2, 0.25) is 0 Å². The second kappa shape index (κ2) is 2.15. The third-order valence-corrected chi connectivity index (χ3v) is 0. The van der Waals surface area contributed by atoms with Gasteiger partial charge in [0.25, 0.3) is 0 Å². The Balaban J connectivity index is 2.80. The molecule has 0 fully saturated rings. The molecular weight excluding hydrogens is 264 g/mol. The summed E-state index contributed by atoms with van der Waals surface area (Å²) in [6, 6.07) is 0. The van der Waals surface area contributed by atoms with Crippen molar-refractivity contribution in [3.05, 3.63) is 0 Å². The molecule has 0 aliphatic heterocycles. The molecule has 0 aliphatic carbocycles. The van der Waals surface area contributed by atoms with Gasteiger partial charge in [-0.2, -0.15) is 0 Å². The van der Waals surface area contributed by atoms with E-state index in [1.54, 1.807) is 0 Å². The van der Waals surface area contributed by atoms with E-state index < -0.39 is 0 Å². The van der Waals surface area contributed by atoms with Crippen LogP contribution in [-0.4, -0.2) is 2.75 Å². The zero-order valence-electron chi connectivity index (χ0n) is 1.99. The Morgan fingerprint density at radius 3 is 2.00 bits per heavy atom. The summed E-state index contributed by atoms with van der Waals surface area (Å²) in [4.78, 5) is 9.30. The van der Waals surface area contributed by atoms with Crippen LogP contribution in [-0.2, 0) is 26.1 Å². The van der Waals surface area contributed by atoms with E-state index in [0.717, 1.165) is 0 Å². The minimum atomic E-state index is -0.167. The first-order chi connectivity index (χ1) is 1.73. The second-order valence-electron chi connectivity index (χ2n) is 0.355. The summed E-state index contributed by atoms with van der Waals surface area (Å²) in [6.45, 7) is 0. The minimum absolute atomic E-state index is 0.148. The molecule has 19 valence electrons. The molecule has 0 rings (SSSR count). The quantitative estimate of drug-likeness (QED) is 0.469. The average Bonchev–Trinajstić information content (AvgIpc) is 0.811. The van der Waals surface area contributed by atoms with Crippen LogP contribution < -0.4 is 0 Å². The first-order valence-corrected chi connectivity index (χ1v) is 3.87. The molecule has 0 radical (unpaired) electrons. The number of hydrogen-bond donors (Lipinski definition) is 0. The van der Waals surface area contributed by atoms with Crippen molar-refractivity contribution < 1.29 is 30.9 Å². The van der Waals surface area contributed by atoms with Gasteiger partial charge in [-0.05, 0) is 0 Å². The van der Waals surface area contributed by atoms with Crippen LogP contribution in [0.5, 0.6) is 0 Å². The molecule has 0 aliphatic rings. The Kier molecular flexibility index (Phi) is 2.63. The monoisotopic (exact) mass is 265 g/mol. The van der Waals surface area contributed by atoms with Gasteiger partial charge < -0.3 is 0 Å². The summed E-state index contributed by atoms with van der Waals surface area (Å²) in [5.41, 5.74) is 0. The molecule has 0 saturated carbocycles. The molecule has 0 aromatic rings. The summed E-state index contributed by atoms with van der Waals surface area (Å²) in [6.07, 6.45) is 0. The number of carbonyl (C=O) groups is 1. The van der Waals surface area contributed by atoms with E-state index in [4.69, 9.17) is 11.6 Å². The van der Waals surface area contributed by atoms with Gasteiger partial charge in [-0.25, -0.2) is 0 Å². The molecule has 4 heavy (non-hydrogen) atoms. The van der Waals surface area contributed by atoms with Crippen LogP contribution in [0, 0.1) is 0 Å². The summed E-state index contributed by atoms with van der Waals surface area (Å²) in [5.74, 6) is 0. The fourth-order valence-electron chi connectivity index (χ4n) is 0. The number of carbonyl (C=O) groups excluding carboxylic acids is 1. The molecule has 0 N–H and O–H groups in total. The summed E-state index contributed by atoms with van der Waals surface area (Å²) in [7, 11) is 0. The van der Waals surface area contributed by atoms with E-state index in [9.17, 15) is 4.79 Å². The molecule has 0 aromatic heterocycles. The number of hydrogen-bond acceptors (Lipinski definition) is 1. The fourth-order valence-corrected chi connectivity index (χ4v) is 0. The van der Waals surface area contributed by atoms with Crippen LogP contribution in [0.4, 0.5) is 4.79 Å². The molecule has 0 aromatic carbocycles. The molecule has 1 nitrogen and oxygen atoms in total. The van der Waals surface area contributed by atoms with Crippen molar-refractivity contribution >= 4 is 14.4 Å². The first kappa shape index (κ1) is 4.90. The van der Waals surface area contributed by atoms with Crippen molar-refractivity contribution in [3.63, 3.8) is 0 Å². The van der Waals surface area contributed by atoms with Gasteiger partial charge in [0.15, 0.2) is 0 Å². The van der Waals surface area contributed by atoms with E-state index in [1.807, 2.05) is 0 Å². The molecule has 0 amide bonds. The van der Waals surface area contributed by atoms with Crippen molar-refractivity contribution in [2.24, 2.45) is 0 Å². The van der Waals surface area contributed by atoms with Gasteiger partial charge in [-0.3, -0.25) is 0 Å². The van der Waals surface area contributed by atoms with E-state index in [1.165, 1.54) is 0 Å².